The molecular formula is C10H18ClNO. The molecule has 1 saturated carbocycles. The quantitative estimate of drug-likeness (QED) is 0.554. The van der Waals surface area contributed by atoms with Crippen molar-refractivity contribution in [3.8, 4) is 0 Å². The summed E-state index contributed by atoms with van der Waals surface area (Å²) in [6, 6.07) is 0. The van der Waals surface area contributed by atoms with Crippen LogP contribution in [0.3, 0.4) is 0 Å². The van der Waals surface area contributed by atoms with Crippen LogP contribution in [0, 0.1) is 5.92 Å². The number of amides is 1. The topological polar surface area (TPSA) is 29.1 Å². The van der Waals surface area contributed by atoms with Crippen LogP contribution in [-0.2, 0) is 4.79 Å². The Labute approximate surface area is 85.0 Å². The number of carbonyl (C=O) groups is 1. The summed E-state index contributed by atoms with van der Waals surface area (Å²) in [7, 11) is 0. The molecule has 0 aliphatic heterocycles. The fraction of sp³-hybridized carbons (Fsp3) is 0.900. The van der Waals surface area contributed by atoms with Crippen LogP contribution in [0.4, 0.5) is 0 Å². The lowest BCUT2D eigenvalue weighted by Gasteiger charge is -2.13. The molecule has 0 atom stereocenters. The van der Waals surface area contributed by atoms with Crippen molar-refractivity contribution in [3.05, 3.63) is 0 Å². The first-order chi connectivity index (χ1) is 6.33. The van der Waals surface area contributed by atoms with Crippen molar-refractivity contribution in [2.24, 2.45) is 5.92 Å². The summed E-state index contributed by atoms with van der Waals surface area (Å²) in [6.07, 6.45) is 7.90. The van der Waals surface area contributed by atoms with E-state index in [4.69, 9.17) is 11.6 Å². The molecule has 76 valence electrons. The lowest BCUT2D eigenvalue weighted by Crippen LogP contribution is -2.29. The van der Waals surface area contributed by atoms with Crippen LogP contribution in [0.25, 0.3) is 0 Å². The van der Waals surface area contributed by atoms with E-state index in [-0.39, 0.29) is 11.8 Å². The van der Waals surface area contributed by atoms with E-state index in [2.05, 4.69) is 5.32 Å². The summed E-state index contributed by atoms with van der Waals surface area (Å²) >= 11 is 5.39. The van der Waals surface area contributed by atoms with E-state index in [0.29, 0.717) is 5.92 Å². The molecule has 1 fully saturated rings. The van der Waals surface area contributed by atoms with Crippen LogP contribution in [0.1, 0.15) is 38.5 Å². The third-order valence-corrected chi connectivity index (χ3v) is 2.93. The van der Waals surface area contributed by atoms with Gasteiger partial charge in [0, 0.05) is 6.54 Å². The molecule has 1 N–H and O–H groups in total. The molecular weight excluding hydrogens is 186 g/mol. The molecule has 0 bridgehead atoms. The highest BCUT2D eigenvalue weighted by Crippen LogP contribution is 2.21. The molecule has 1 aliphatic carbocycles. The molecule has 2 nitrogen and oxygen atoms in total. The Kier molecular flexibility index (Phi) is 5.21. The van der Waals surface area contributed by atoms with Gasteiger partial charge in [-0.25, -0.2) is 0 Å². The second kappa shape index (κ2) is 6.25. The normalized spacial score (nSPS) is 19.5. The number of halogens is 1. The monoisotopic (exact) mass is 203 g/mol. The maximum atomic E-state index is 10.9. The van der Waals surface area contributed by atoms with Crippen LogP contribution in [0.5, 0.6) is 0 Å². The summed E-state index contributed by atoms with van der Waals surface area (Å²) < 4.78 is 0. The van der Waals surface area contributed by atoms with Gasteiger partial charge in [0.25, 0.3) is 0 Å². The van der Waals surface area contributed by atoms with Crippen molar-refractivity contribution in [3.63, 3.8) is 0 Å². The number of rotatable bonds is 3. The van der Waals surface area contributed by atoms with Crippen molar-refractivity contribution >= 4 is 17.5 Å². The molecule has 0 heterocycles. The fourth-order valence-electron chi connectivity index (χ4n) is 1.87. The van der Waals surface area contributed by atoms with Gasteiger partial charge in [0.1, 0.15) is 5.88 Å². The number of alkyl halides is 1. The highest BCUT2D eigenvalue weighted by molar-refractivity contribution is 6.27. The third-order valence-electron chi connectivity index (χ3n) is 2.68. The van der Waals surface area contributed by atoms with Gasteiger partial charge >= 0.3 is 0 Å². The van der Waals surface area contributed by atoms with Crippen LogP contribution < -0.4 is 5.32 Å². The Morgan fingerprint density at radius 1 is 1.23 bits per heavy atom. The van der Waals surface area contributed by atoms with Gasteiger partial charge in [-0.05, 0) is 18.8 Å². The minimum Gasteiger partial charge on any atom is -0.355 e. The van der Waals surface area contributed by atoms with E-state index in [9.17, 15) is 4.79 Å². The van der Waals surface area contributed by atoms with Gasteiger partial charge in [-0.15, -0.1) is 11.6 Å². The van der Waals surface area contributed by atoms with Gasteiger partial charge in [-0.2, -0.15) is 0 Å². The first-order valence-electron chi connectivity index (χ1n) is 5.15. The van der Waals surface area contributed by atoms with Crippen LogP contribution >= 0.6 is 11.6 Å². The maximum Gasteiger partial charge on any atom is 0.234 e. The number of hydrogen-bond donors (Lipinski definition) is 1. The van der Waals surface area contributed by atoms with Crippen LogP contribution in [0.2, 0.25) is 0 Å². The average molecular weight is 204 g/mol. The molecule has 0 saturated heterocycles. The number of carbonyl (C=O) groups excluding carboxylic acids is 1. The SMILES string of the molecule is O=C(CCl)NCC1CCCCCC1. The molecule has 0 unspecified atom stereocenters. The first kappa shape index (κ1) is 10.8. The predicted octanol–water partition coefficient (Wildman–Crippen LogP) is 2.31. The molecule has 0 spiro atoms. The molecule has 0 aromatic heterocycles. The standard InChI is InChI=1S/C10H18ClNO/c11-7-10(13)12-8-9-5-3-1-2-4-6-9/h9H,1-8H2,(H,12,13). The van der Waals surface area contributed by atoms with Crippen molar-refractivity contribution in [2.75, 3.05) is 12.4 Å². The summed E-state index contributed by atoms with van der Waals surface area (Å²) in [5.41, 5.74) is 0. The van der Waals surface area contributed by atoms with E-state index in [1.54, 1.807) is 0 Å². The van der Waals surface area contributed by atoms with Gasteiger partial charge in [-0.1, -0.05) is 25.7 Å². The molecule has 0 aromatic carbocycles. The van der Waals surface area contributed by atoms with Gasteiger partial charge in [0.05, 0.1) is 0 Å². The molecule has 1 rings (SSSR count). The minimum atomic E-state index is -0.0362. The lowest BCUT2D eigenvalue weighted by atomic mass is 10.0. The van der Waals surface area contributed by atoms with Gasteiger partial charge < -0.3 is 5.32 Å². The molecule has 1 aliphatic rings. The highest BCUT2D eigenvalue weighted by atomic mass is 35.5. The minimum absolute atomic E-state index is 0.0362. The molecule has 1 amide bonds. The van der Waals surface area contributed by atoms with Gasteiger partial charge in [0.2, 0.25) is 5.91 Å². The second-order valence-electron chi connectivity index (χ2n) is 3.80. The first-order valence-corrected chi connectivity index (χ1v) is 5.69. The van der Waals surface area contributed by atoms with E-state index in [1.807, 2.05) is 0 Å². The van der Waals surface area contributed by atoms with Crippen LogP contribution in [-0.4, -0.2) is 18.3 Å². The molecule has 0 radical (unpaired) electrons. The Bertz CT molecular complexity index is 153. The van der Waals surface area contributed by atoms with E-state index in [1.165, 1.54) is 38.5 Å². The molecule has 0 aromatic rings. The summed E-state index contributed by atoms with van der Waals surface area (Å²) in [4.78, 5) is 10.9. The Balaban J connectivity index is 2.15. The Hall–Kier alpha value is -0.240. The Morgan fingerprint density at radius 3 is 2.38 bits per heavy atom. The molecule has 3 heteroatoms. The second-order valence-corrected chi connectivity index (χ2v) is 4.06. The van der Waals surface area contributed by atoms with Crippen molar-refractivity contribution < 1.29 is 4.79 Å². The summed E-state index contributed by atoms with van der Waals surface area (Å²) in [6.45, 7) is 0.825. The van der Waals surface area contributed by atoms with E-state index < -0.39 is 0 Å². The zero-order chi connectivity index (χ0) is 9.52. The lowest BCUT2D eigenvalue weighted by molar-refractivity contribution is -0.118. The van der Waals surface area contributed by atoms with E-state index in [0.717, 1.165) is 6.54 Å². The predicted molar refractivity (Wildman–Crippen MR) is 54.9 cm³/mol. The Morgan fingerprint density at radius 2 is 1.85 bits per heavy atom. The van der Waals surface area contributed by atoms with Crippen molar-refractivity contribution in [1.82, 2.24) is 5.32 Å². The van der Waals surface area contributed by atoms with Crippen molar-refractivity contribution in [2.45, 2.75) is 38.5 Å². The van der Waals surface area contributed by atoms with Gasteiger partial charge in [-0.3, -0.25) is 4.79 Å². The smallest absolute Gasteiger partial charge is 0.234 e. The summed E-state index contributed by atoms with van der Waals surface area (Å²) in [5.74, 6) is 0.743. The number of hydrogen-bond acceptors (Lipinski definition) is 1. The van der Waals surface area contributed by atoms with Crippen LogP contribution in [0.15, 0.2) is 0 Å². The fourth-order valence-corrected chi connectivity index (χ4v) is 1.97. The summed E-state index contributed by atoms with van der Waals surface area (Å²) in [5, 5.41) is 2.86. The zero-order valence-corrected chi connectivity index (χ0v) is 8.78. The van der Waals surface area contributed by atoms with Gasteiger partial charge in [0.15, 0.2) is 0 Å². The maximum absolute atomic E-state index is 10.9. The number of nitrogens with one attached hydrogen (secondary N) is 1. The molecule has 13 heavy (non-hydrogen) atoms. The third kappa shape index (κ3) is 4.51. The van der Waals surface area contributed by atoms with Crippen molar-refractivity contribution in [1.29, 1.82) is 0 Å². The highest BCUT2D eigenvalue weighted by Gasteiger charge is 2.12. The zero-order valence-electron chi connectivity index (χ0n) is 8.02. The largest absolute Gasteiger partial charge is 0.355 e. The van der Waals surface area contributed by atoms with E-state index >= 15 is 0 Å². The average Bonchev–Trinajstić information content (AvgIpc) is 2.42.